The summed E-state index contributed by atoms with van der Waals surface area (Å²) in [4.78, 5) is 0. The molecule has 2 heteroatoms. The zero-order chi connectivity index (χ0) is 17.7. The van der Waals surface area contributed by atoms with Crippen LogP contribution in [0.15, 0.2) is 0 Å². The van der Waals surface area contributed by atoms with Crippen molar-refractivity contribution >= 4 is 0 Å². The first-order valence-electron chi connectivity index (χ1n) is 12.5. The second kappa shape index (κ2) is 8.95. The van der Waals surface area contributed by atoms with Crippen LogP contribution >= 0.6 is 0 Å². The molecule has 0 aromatic heterocycles. The van der Waals surface area contributed by atoms with Crippen molar-refractivity contribution in [3.05, 3.63) is 0 Å². The highest BCUT2D eigenvalue weighted by molar-refractivity contribution is 4.72. The van der Waals surface area contributed by atoms with Crippen LogP contribution in [0.1, 0.15) is 89.9 Å². The fourth-order valence-electron chi connectivity index (χ4n) is 6.90. The summed E-state index contributed by atoms with van der Waals surface area (Å²) in [5, 5.41) is 0. The van der Waals surface area contributed by atoms with Gasteiger partial charge in [0, 0.05) is 0 Å². The maximum Gasteiger partial charge on any atom is 0.0789 e. The minimum Gasteiger partial charge on any atom is -0.324 e. The summed E-state index contributed by atoms with van der Waals surface area (Å²) in [6.07, 6.45) is 21.3. The Morgan fingerprint density at radius 3 is 0.962 bits per heavy atom. The van der Waals surface area contributed by atoms with Gasteiger partial charge in [-0.1, -0.05) is 25.7 Å². The highest BCUT2D eigenvalue weighted by atomic mass is 15.4. The lowest BCUT2D eigenvalue weighted by molar-refractivity contribution is -0.942. The third-order valence-electron chi connectivity index (χ3n) is 9.09. The van der Waals surface area contributed by atoms with Crippen molar-refractivity contribution in [1.82, 2.24) is 0 Å². The predicted octanol–water partition coefficient (Wildman–Crippen LogP) is 5.37. The standard InChI is InChI=1S/C24H46N2/c1(3-5-7-15-25-17-9-23(10-18-25)11-19-25)2-4-6-8-16-26-20-12-24(13-21-26)14-22-26/h23-24H,1-22H2/q+2. The van der Waals surface area contributed by atoms with Crippen molar-refractivity contribution in [3.8, 4) is 0 Å². The molecule has 0 N–H and O–H groups in total. The molecule has 0 amide bonds. The molecule has 6 rings (SSSR count). The van der Waals surface area contributed by atoms with Crippen LogP contribution in [0.5, 0.6) is 0 Å². The van der Waals surface area contributed by atoms with Crippen LogP contribution in [0.3, 0.4) is 0 Å². The van der Waals surface area contributed by atoms with E-state index >= 15 is 0 Å². The third-order valence-corrected chi connectivity index (χ3v) is 9.09. The average molecular weight is 363 g/mol. The number of fused-ring (bicyclic) bond motifs is 6. The number of hydrogen-bond acceptors (Lipinski definition) is 0. The van der Waals surface area contributed by atoms with Gasteiger partial charge in [0.15, 0.2) is 0 Å². The first-order chi connectivity index (χ1) is 12.8. The van der Waals surface area contributed by atoms with Crippen molar-refractivity contribution < 1.29 is 8.97 Å². The van der Waals surface area contributed by atoms with Crippen LogP contribution in [0.4, 0.5) is 0 Å². The zero-order valence-electron chi connectivity index (χ0n) is 17.6. The second-order valence-electron chi connectivity index (χ2n) is 10.8. The molecular formula is C24H46N2+2. The molecule has 0 aromatic rings. The van der Waals surface area contributed by atoms with Crippen LogP contribution in [-0.4, -0.2) is 61.3 Å². The summed E-state index contributed by atoms with van der Waals surface area (Å²) in [5.74, 6) is 2.23. The van der Waals surface area contributed by atoms with Crippen molar-refractivity contribution in [1.29, 1.82) is 0 Å². The smallest absolute Gasteiger partial charge is 0.0789 e. The molecule has 6 aliphatic rings. The predicted molar refractivity (Wildman–Crippen MR) is 111 cm³/mol. The number of hydrogen-bond donors (Lipinski definition) is 0. The topological polar surface area (TPSA) is 0 Å². The lowest BCUT2D eigenvalue weighted by atomic mass is 9.85. The monoisotopic (exact) mass is 362 g/mol. The van der Waals surface area contributed by atoms with E-state index in [1.165, 1.54) is 113 Å². The summed E-state index contributed by atoms with van der Waals surface area (Å²) in [5.41, 5.74) is 0. The molecule has 2 nitrogen and oxygen atoms in total. The molecule has 150 valence electrons. The van der Waals surface area contributed by atoms with Crippen LogP contribution in [-0.2, 0) is 0 Å². The highest BCUT2D eigenvalue weighted by Gasteiger charge is 2.39. The van der Waals surface area contributed by atoms with Crippen LogP contribution in [0.2, 0.25) is 0 Å². The lowest BCUT2D eigenvalue weighted by Gasteiger charge is -2.49. The van der Waals surface area contributed by atoms with Gasteiger partial charge in [0.2, 0.25) is 0 Å². The minimum absolute atomic E-state index is 1.11. The normalized spacial score (nSPS) is 38.8. The molecule has 0 saturated carbocycles. The summed E-state index contributed by atoms with van der Waals surface area (Å²) in [7, 11) is 0. The van der Waals surface area contributed by atoms with Crippen molar-refractivity contribution in [2.45, 2.75) is 89.9 Å². The lowest BCUT2D eigenvalue weighted by Crippen LogP contribution is -2.58. The minimum atomic E-state index is 1.11. The average Bonchev–Trinajstić information content (AvgIpc) is 2.72. The molecule has 6 aliphatic heterocycles. The quantitative estimate of drug-likeness (QED) is 0.342. The molecular weight excluding hydrogens is 316 g/mol. The van der Waals surface area contributed by atoms with E-state index in [-0.39, 0.29) is 0 Å². The molecule has 4 bridgehead atoms. The van der Waals surface area contributed by atoms with E-state index in [9.17, 15) is 0 Å². The van der Waals surface area contributed by atoms with Gasteiger partial charge in [-0.05, 0) is 76.0 Å². The van der Waals surface area contributed by atoms with Gasteiger partial charge in [-0.3, -0.25) is 0 Å². The second-order valence-corrected chi connectivity index (χ2v) is 10.8. The Kier molecular flexibility index (Phi) is 6.62. The van der Waals surface area contributed by atoms with Gasteiger partial charge < -0.3 is 8.97 Å². The van der Waals surface area contributed by atoms with Gasteiger partial charge in [-0.25, -0.2) is 0 Å². The van der Waals surface area contributed by atoms with Crippen LogP contribution < -0.4 is 0 Å². The van der Waals surface area contributed by atoms with Crippen molar-refractivity contribution in [3.63, 3.8) is 0 Å². The van der Waals surface area contributed by atoms with E-state index in [2.05, 4.69) is 0 Å². The Labute approximate surface area is 163 Å². The molecule has 26 heavy (non-hydrogen) atoms. The van der Waals surface area contributed by atoms with Crippen molar-refractivity contribution in [2.75, 3.05) is 52.4 Å². The third kappa shape index (κ3) is 4.85. The Morgan fingerprint density at radius 1 is 0.385 bits per heavy atom. The van der Waals surface area contributed by atoms with Gasteiger partial charge in [-0.15, -0.1) is 0 Å². The fraction of sp³-hybridized carbons (Fsp3) is 1.00. The van der Waals surface area contributed by atoms with Gasteiger partial charge >= 0.3 is 0 Å². The molecule has 0 unspecified atom stereocenters. The molecule has 6 heterocycles. The molecule has 0 spiro atoms. The molecule has 6 saturated heterocycles. The van der Waals surface area contributed by atoms with Gasteiger partial charge in [0.25, 0.3) is 0 Å². The summed E-state index contributed by atoms with van der Waals surface area (Å²) in [6, 6.07) is 0. The molecule has 0 atom stereocenters. The highest BCUT2D eigenvalue weighted by Crippen LogP contribution is 2.34. The summed E-state index contributed by atoms with van der Waals surface area (Å²) < 4.78 is 3.02. The number of piperidine rings is 6. The van der Waals surface area contributed by atoms with E-state index in [1.54, 1.807) is 38.5 Å². The van der Waals surface area contributed by atoms with Crippen LogP contribution in [0, 0.1) is 11.8 Å². The SMILES string of the molecule is C(CCCCC[N+]12CCC(CC1)CC2)CCCC[N+]12CCC(CC1)CC2. The Balaban J connectivity index is 0.974. The fourth-order valence-corrected chi connectivity index (χ4v) is 6.90. The molecule has 6 fully saturated rings. The van der Waals surface area contributed by atoms with E-state index < -0.39 is 0 Å². The van der Waals surface area contributed by atoms with E-state index in [0.717, 1.165) is 11.8 Å². The largest absolute Gasteiger partial charge is 0.324 e. The van der Waals surface area contributed by atoms with Gasteiger partial charge in [-0.2, -0.15) is 0 Å². The first kappa shape index (κ1) is 19.2. The Morgan fingerprint density at radius 2 is 0.654 bits per heavy atom. The maximum atomic E-state index is 1.54. The molecule has 0 aliphatic carbocycles. The first-order valence-corrected chi connectivity index (χ1v) is 12.5. The van der Waals surface area contributed by atoms with E-state index in [0.29, 0.717) is 0 Å². The zero-order valence-corrected chi connectivity index (χ0v) is 17.6. The molecule has 0 radical (unpaired) electrons. The van der Waals surface area contributed by atoms with Crippen LogP contribution in [0.25, 0.3) is 0 Å². The number of rotatable bonds is 11. The number of unbranched alkanes of at least 4 members (excludes halogenated alkanes) is 7. The van der Waals surface area contributed by atoms with E-state index in [1.807, 2.05) is 0 Å². The number of nitrogens with zero attached hydrogens (tertiary/aromatic N) is 2. The Hall–Kier alpha value is -0.0800. The van der Waals surface area contributed by atoms with E-state index in [4.69, 9.17) is 0 Å². The van der Waals surface area contributed by atoms with Crippen molar-refractivity contribution in [2.24, 2.45) is 11.8 Å². The maximum absolute atomic E-state index is 1.54. The molecule has 0 aromatic carbocycles. The summed E-state index contributed by atoms with van der Waals surface area (Å²) in [6.45, 7) is 12.1. The van der Waals surface area contributed by atoms with Gasteiger partial charge in [0.1, 0.15) is 0 Å². The number of quaternary nitrogens is 2. The Bertz CT molecular complexity index is 348. The van der Waals surface area contributed by atoms with Gasteiger partial charge in [0.05, 0.1) is 52.4 Å². The summed E-state index contributed by atoms with van der Waals surface area (Å²) >= 11 is 0.